The first-order chi connectivity index (χ1) is 16.4. The molecule has 4 aliphatic rings. The quantitative estimate of drug-likeness (QED) is 0.583. The fraction of sp³-hybridized carbons (Fsp3) is 0.583. The van der Waals surface area contributed by atoms with E-state index in [2.05, 4.69) is 16.7 Å². The van der Waals surface area contributed by atoms with Gasteiger partial charge >= 0.3 is 6.09 Å². The van der Waals surface area contributed by atoms with Crippen molar-refractivity contribution in [2.24, 2.45) is 11.8 Å². The zero-order valence-electron chi connectivity index (χ0n) is 18.9. The second-order valence-corrected chi connectivity index (χ2v) is 12.9. The number of hydrogen-bond acceptors (Lipinski definition) is 5. The summed E-state index contributed by atoms with van der Waals surface area (Å²) < 4.78 is 5.98. The molecule has 179 valence electrons. The van der Waals surface area contributed by atoms with Gasteiger partial charge in [-0.15, -0.1) is 0 Å². The summed E-state index contributed by atoms with van der Waals surface area (Å²) in [5.41, 5.74) is 0.219. The van der Waals surface area contributed by atoms with E-state index in [-0.39, 0.29) is 11.4 Å². The largest absolute Gasteiger partial charge is 0.438 e. The molecule has 34 heavy (non-hydrogen) atoms. The standard InChI is InChI=1S/C24H28ClN4O4Si/c25-18-4-1-3-17(11-18)24(5-6-24)33-23(32)29-13-16-9-15(16)10-20(29)21(30)28-19(12-26)14-34-8-2-7-27-22(34)31/h1,3-4,11,15-16,19-20H,2,5-10,13-14H2,(H,27,31)(H,28,30)/t15-,16+,19-,20+/m1/s1. The second kappa shape index (κ2) is 9.23. The number of hydrogen-bond donors (Lipinski definition) is 2. The van der Waals surface area contributed by atoms with Crippen molar-refractivity contribution >= 4 is 37.9 Å². The lowest BCUT2D eigenvalue weighted by Crippen LogP contribution is -2.55. The Kier molecular flexibility index (Phi) is 6.29. The summed E-state index contributed by atoms with van der Waals surface area (Å²) in [7, 11) is -1.40. The zero-order chi connectivity index (χ0) is 23.9. The number of rotatable bonds is 6. The van der Waals surface area contributed by atoms with Crippen molar-refractivity contribution in [3.63, 3.8) is 0 Å². The number of halogens is 1. The minimum atomic E-state index is -1.40. The average molecular weight is 500 g/mol. The van der Waals surface area contributed by atoms with Gasteiger partial charge in [-0.3, -0.25) is 14.5 Å². The van der Waals surface area contributed by atoms with Crippen LogP contribution in [0.2, 0.25) is 17.1 Å². The number of likely N-dealkylation sites (tertiary alicyclic amines) is 1. The van der Waals surface area contributed by atoms with E-state index in [4.69, 9.17) is 16.3 Å². The number of benzene rings is 1. The van der Waals surface area contributed by atoms with E-state index in [1.165, 1.54) is 0 Å². The summed E-state index contributed by atoms with van der Waals surface area (Å²) in [6, 6.07) is 9.28. The maximum absolute atomic E-state index is 13.3. The molecule has 0 aromatic heterocycles. The van der Waals surface area contributed by atoms with Crippen molar-refractivity contribution in [2.45, 2.75) is 61.9 Å². The Balaban J connectivity index is 1.26. The van der Waals surface area contributed by atoms with E-state index in [0.717, 1.165) is 37.3 Å². The Morgan fingerprint density at radius 1 is 1.35 bits per heavy atom. The fourth-order valence-electron chi connectivity index (χ4n) is 5.21. The van der Waals surface area contributed by atoms with Crippen molar-refractivity contribution in [3.8, 4) is 6.07 Å². The Bertz CT molecular complexity index is 1040. The monoisotopic (exact) mass is 499 g/mol. The first kappa shape index (κ1) is 23.2. The van der Waals surface area contributed by atoms with Crippen LogP contribution in [-0.4, -0.2) is 56.4 Å². The van der Waals surface area contributed by atoms with Crippen molar-refractivity contribution in [2.75, 3.05) is 13.1 Å². The van der Waals surface area contributed by atoms with Crippen LogP contribution < -0.4 is 10.6 Å². The number of amides is 3. The molecule has 2 saturated heterocycles. The van der Waals surface area contributed by atoms with Gasteiger partial charge in [-0.1, -0.05) is 23.7 Å². The molecule has 0 spiro atoms. The molecule has 4 fully saturated rings. The van der Waals surface area contributed by atoms with Gasteiger partial charge in [0.25, 0.3) is 0 Å². The summed E-state index contributed by atoms with van der Waals surface area (Å²) in [4.78, 5) is 40.2. The van der Waals surface area contributed by atoms with Gasteiger partial charge in [-0.2, -0.15) is 5.26 Å². The molecule has 2 aliphatic heterocycles. The molecule has 2 aliphatic carbocycles. The molecular formula is C24H28ClN4O4Si. The van der Waals surface area contributed by atoms with Crippen molar-refractivity contribution in [1.29, 1.82) is 5.26 Å². The molecule has 0 unspecified atom stereocenters. The number of carbonyl (C=O) groups is 3. The topological polar surface area (TPSA) is 112 Å². The van der Waals surface area contributed by atoms with Gasteiger partial charge < -0.3 is 15.4 Å². The van der Waals surface area contributed by atoms with Crippen LogP contribution in [0.15, 0.2) is 24.3 Å². The van der Waals surface area contributed by atoms with Crippen molar-refractivity contribution < 1.29 is 19.1 Å². The second-order valence-electron chi connectivity index (χ2n) is 9.89. The predicted octanol–water partition coefficient (Wildman–Crippen LogP) is 3.37. The maximum atomic E-state index is 13.3. The Hall–Kier alpha value is -2.57. The summed E-state index contributed by atoms with van der Waals surface area (Å²) in [6.07, 6.45) is 3.44. The third-order valence-corrected chi connectivity index (χ3v) is 10.4. The third-order valence-electron chi connectivity index (χ3n) is 7.46. The lowest BCUT2D eigenvalue weighted by Gasteiger charge is -2.35. The lowest BCUT2D eigenvalue weighted by atomic mass is 10.0. The Morgan fingerprint density at radius 2 is 2.18 bits per heavy atom. The van der Waals surface area contributed by atoms with Crippen LogP contribution in [0.3, 0.4) is 0 Å². The molecule has 2 saturated carbocycles. The van der Waals surface area contributed by atoms with E-state index in [1.54, 1.807) is 11.0 Å². The summed E-state index contributed by atoms with van der Waals surface area (Å²) in [5, 5.41) is 15.9. The van der Waals surface area contributed by atoms with Crippen LogP contribution in [0.25, 0.3) is 0 Å². The molecule has 0 bridgehead atoms. The first-order valence-electron chi connectivity index (χ1n) is 12.0. The van der Waals surface area contributed by atoms with Crippen molar-refractivity contribution in [1.82, 2.24) is 15.5 Å². The summed E-state index contributed by atoms with van der Waals surface area (Å²) in [6.45, 7) is 1.16. The van der Waals surface area contributed by atoms with E-state index in [1.807, 2.05) is 18.2 Å². The summed E-state index contributed by atoms with van der Waals surface area (Å²) in [5.74, 6) is 0.500. The molecule has 5 rings (SSSR count). The van der Waals surface area contributed by atoms with Crippen LogP contribution in [0, 0.1) is 23.2 Å². The van der Waals surface area contributed by atoms with Gasteiger partial charge in [0.1, 0.15) is 17.7 Å². The fourth-order valence-corrected chi connectivity index (χ4v) is 7.68. The highest BCUT2D eigenvalue weighted by Gasteiger charge is 2.54. The average Bonchev–Trinajstić information content (AvgIpc) is 3.75. The van der Waals surface area contributed by atoms with Gasteiger partial charge in [0, 0.05) is 18.1 Å². The van der Waals surface area contributed by atoms with E-state index < -0.39 is 32.6 Å². The number of fused-ring (bicyclic) bond motifs is 1. The summed E-state index contributed by atoms with van der Waals surface area (Å²) >= 11 is 6.14. The van der Waals surface area contributed by atoms with E-state index in [9.17, 15) is 19.6 Å². The number of ether oxygens (including phenoxy) is 1. The number of nitrogens with one attached hydrogen (secondary N) is 2. The normalized spacial score (nSPS) is 28.1. The molecule has 4 atom stereocenters. The molecule has 1 radical (unpaired) electrons. The predicted molar refractivity (Wildman–Crippen MR) is 126 cm³/mol. The van der Waals surface area contributed by atoms with Gasteiger partial charge in [-0.25, -0.2) is 4.79 Å². The number of piperidine rings is 1. The van der Waals surface area contributed by atoms with Gasteiger partial charge in [0.2, 0.25) is 5.91 Å². The van der Waals surface area contributed by atoms with Gasteiger partial charge in [0.15, 0.2) is 14.3 Å². The van der Waals surface area contributed by atoms with E-state index >= 15 is 0 Å². The Labute approximate surface area is 205 Å². The molecule has 2 N–H and O–H groups in total. The first-order valence-corrected chi connectivity index (χ1v) is 14.3. The minimum Gasteiger partial charge on any atom is -0.438 e. The number of carbonyl (C=O) groups excluding carboxylic acids is 3. The van der Waals surface area contributed by atoms with Crippen molar-refractivity contribution in [3.05, 3.63) is 34.9 Å². The molecule has 10 heteroatoms. The smallest absolute Gasteiger partial charge is 0.411 e. The third kappa shape index (κ3) is 4.79. The van der Waals surface area contributed by atoms with Gasteiger partial charge in [0.05, 0.1) is 6.07 Å². The highest BCUT2D eigenvalue weighted by molar-refractivity contribution is 6.90. The molecule has 1 aromatic carbocycles. The molecule has 8 nitrogen and oxygen atoms in total. The van der Waals surface area contributed by atoms with Crippen LogP contribution in [0.1, 0.15) is 37.7 Å². The maximum Gasteiger partial charge on any atom is 0.411 e. The van der Waals surface area contributed by atoms with Crippen LogP contribution in [0.5, 0.6) is 0 Å². The molecular weight excluding hydrogens is 472 g/mol. The highest BCUT2D eigenvalue weighted by atomic mass is 35.5. The molecule has 3 amide bonds. The number of nitrogens with zero attached hydrogens (tertiary/aromatic N) is 2. The van der Waals surface area contributed by atoms with Crippen LogP contribution in [-0.2, 0) is 15.1 Å². The van der Waals surface area contributed by atoms with Crippen LogP contribution >= 0.6 is 11.6 Å². The van der Waals surface area contributed by atoms with E-state index in [0.29, 0.717) is 42.4 Å². The number of nitriles is 1. The Morgan fingerprint density at radius 3 is 2.88 bits per heavy atom. The lowest BCUT2D eigenvalue weighted by molar-refractivity contribution is -0.127. The SMILES string of the molecule is N#C[C@H](C[Si]1CCCNC1=O)NC(=O)[C@@H]1C[C@H]2C[C@H]2CN1C(=O)OC1(c2cccc(Cl)c2)CC1. The highest BCUT2D eigenvalue weighted by Crippen LogP contribution is 2.51. The van der Waals surface area contributed by atoms with Gasteiger partial charge in [-0.05, 0) is 73.7 Å². The minimum absolute atomic E-state index is 0.0326. The molecule has 1 aromatic rings. The zero-order valence-corrected chi connectivity index (χ0v) is 20.6. The van der Waals surface area contributed by atoms with Crippen LogP contribution in [0.4, 0.5) is 9.59 Å². The molecule has 2 heterocycles.